The zero-order chi connectivity index (χ0) is 21.8. The lowest BCUT2D eigenvalue weighted by Gasteiger charge is -2.30. The average Bonchev–Trinajstić information content (AvgIpc) is 2.80. The van der Waals surface area contributed by atoms with Crippen molar-refractivity contribution in [1.29, 1.82) is 0 Å². The molecule has 0 spiro atoms. The summed E-state index contributed by atoms with van der Waals surface area (Å²) < 4.78 is 0. The summed E-state index contributed by atoms with van der Waals surface area (Å²) in [5.41, 5.74) is 4.53. The van der Waals surface area contributed by atoms with Crippen LogP contribution in [0.2, 0.25) is 5.02 Å². The van der Waals surface area contributed by atoms with Crippen LogP contribution in [0.1, 0.15) is 23.2 Å². The van der Waals surface area contributed by atoms with Crippen LogP contribution >= 0.6 is 11.6 Å². The predicted octanol–water partition coefficient (Wildman–Crippen LogP) is 5.55. The van der Waals surface area contributed by atoms with Gasteiger partial charge in [-0.05, 0) is 47.7 Å². The van der Waals surface area contributed by atoms with Crippen LogP contribution in [0.3, 0.4) is 0 Å². The fourth-order valence-electron chi connectivity index (χ4n) is 3.84. The first-order valence-electron chi connectivity index (χ1n) is 10.3. The van der Waals surface area contributed by atoms with Crippen molar-refractivity contribution in [2.45, 2.75) is 18.9 Å². The van der Waals surface area contributed by atoms with Gasteiger partial charge in [0.05, 0.1) is 0 Å². The van der Waals surface area contributed by atoms with Crippen LogP contribution in [0, 0.1) is 0 Å². The SMILES string of the molecule is O=C(NC1CCN(C(=O)O)CC1)c1ccc(Cl)c(-c2ccc(-c3ccccc3)cc2)c1. The second-order valence-electron chi connectivity index (χ2n) is 7.66. The van der Waals surface area contributed by atoms with Gasteiger partial charge in [-0.25, -0.2) is 4.79 Å². The number of halogens is 1. The van der Waals surface area contributed by atoms with Gasteiger partial charge in [0.15, 0.2) is 0 Å². The van der Waals surface area contributed by atoms with Crippen LogP contribution < -0.4 is 5.32 Å². The van der Waals surface area contributed by atoms with Gasteiger partial charge in [0.25, 0.3) is 5.91 Å². The molecule has 158 valence electrons. The third-order valence-electron chi connectivity index (χ3n) is 5.63. The maximum Gasteiger partial charge on any atom is 0.407 e. The first-order chi connectivity index (χ1) is 15.0. The Labute approximate surface area is 186 Å². The molecule has 2 N–H and O–H groups in total. The van der Waals surface area contributed by atoms with E-state index in [1.165, 1.54) is 4.90 Å². The molecule has 1 aliphatic heterocycles. The average molecular weight is 435 g/mol. The molecule has 5 nitrogen and oxygen atoms in total. The standard InChI is InChI=1S/C25H23ClN2O3/c26-23-11-10-20(24(29)27-21-12-14-28(15-13-21)25(30)31)16-22(23)19-8-6-18(7-9-19)17-4-2-1-3-5-17/h1-11,16,21H,12-15H2,(H,27,29)(H,30,31). The highest BCUT2D eigenvalue weighted by molar-refractivity contribution is 6.33. The van der Waals surface area contributed by atoms with Crippen LogP contribution in [-0.2, 0) is 0 Å². The van der Waals surface area contributed by atoms with E-state index in [2.05, 4.69) is 17.4 Å². The molecule has 3 aromatic carbocycles. The summed E-state index contributed by atoms with van der Waals surface area (Å²) >= 11 is 6.44. The quantitative estimate of drug-likeness (QED) is 0.565. The summed E-state index contributed by atoms with van der Waals surface area (Å²) in [6.07, 6.45) is 0.309. The van der Waals surface area contributed by atoms with E-state index in [-0.39, 0.29) is 11.9 Å². The van der Waals surface area contributed by atoms with E-state index >= 15 is 0 Å². The number of nitrogens with one attached hydrogen (secondary N) is 1. The van der Waals surface area contributed by atoms with Gasteiger partial charge in [0.1, 0.15) is 0 Å². The Morgan fingerprint density at radius 2 is 1.48 bits per heavy atom. The summed E-state index contributed by atoms with van der Waals surface area (Å²) in [5.74, 6) is -0.174. The molecule has 2 amide bonds. The van der Waals surface area contributed by atoms with E-state index in [0.717, 1.165) is 22.3 Å². The minimum Gasteiger partial charge on any atom is -0.465 e. The topological polar surface area (TPSA) is 69.6 Å². The van der Waals surface area contributed by atoms with Gasteiger partial charge < -0.3 is 15.3 Å². The second kappa shape index (κ2) is 9.23. The summed E-state index contributed by atoms with van der Waals surface area (Å²) in [6.45, 7) is 0.861. The van der Waals surface area contributed by atoms with Crippen LogP contribution in [-0.4, -0.2) is 41.1 Å². The van der Waals surface area contributed by atoms with E-state index in [1.807, 2.05) is 48.5 Å². The Bertz CT molecular complexity index is 1080. The zero-order valence-electron chi connectivity index (χ0n) is 16.9. The van der Waals surface area contributed by atoms with E-state index in [0.29, 0.717) is 36.5 Å². The molecule has 0 aliphatic carbocycles. The minimum absolute atomic E-state index is 0.0348. The van der Waals surface area contributed by atoms with Gasteiger partial charge in [-0.2, -0.15) is 0 Å². The Hall–Kier alpha value is -3.31. The molecule has 3 aromatic rings. The number of amides is 2. The van der Waals surface area contributed by atoms with Gasteiger partial charge >= 0.3 is 6.09 Å². The highest BCUT2D eigenvalue weighted by Crippen LogP contribution is 2.31. The number of carbonyl (C=O) groups excluding carboxylic acids is 1. The van der Waals surface area contributed by atoms with Gasteiger partial charge in [-0.15, -0.1) is 0 Å². The fraction of sp³-hybridized carbons (Fsp3) is 0.200. The fourth-order valence-corrected chi connectivity index (χ4v) is 4.07. The third kappa shape index (κ3) is 4.89. The second-order valence-corrected chi connectivity index (χ2v) is 8.06. The van der Waals surface area contributed by atoms with Gasteiger partial charge in [-0.1, -0.05) is 66.2 Å². The van der Waals surface area contributed by atoms with Crippen molar-refractivity contribution in [2.75, 3.05) is 13.1 Å². The highest BCUT2D eigenvalue weighted by atomic mass is 35.5. The van der Waals surface area contributed by atoms with Gasteiger partial charge in [0, 0.05) is 35.3 Å². The van der Waals surface area contributed by atoms with Crippen molar-refractivity contribution in [2.24, 2.45) is 0 Å². The maximum absolute atomic E-state index is 12.8. The molecule has 31 heavy (non-hydrogen) atoms. The minimum atomic E-state index is -0.912. The smallest absolute Gasteiger partial charge is 0.407 e. The van der Waals surface area contributed by atoms with E-state index in [9.17, 15) is 9.59 Å². The lowest BCUT2D eigenvalue weighted by atomic mass is 9.98. The number of carboxylic acid groups (broad SMARTS) is 1. The molecule has 1 saturated heterocycles. The molecule has 0 aromatic heterocycles. The zero-order valence-corrected chi connectivity index (χ0v) is 17.7. The van der Waals surface area contributed by atoms with Gasteiger partial charge in [-0.3, -0.25) is 4.79 Å². The molecular weight excluding hydrogens is 412 g/mol. The number of benzene rings is 3. The predicted molar refractivity (Wildman–Crippen MR) is 122 cm³/mol. The van der Waals surface area contributed by atoms with E-state index in [1.54, 1.807) is 12.1 Å². The molecular formula is C25H23ClN2O3. The number of likely N-dealkylation sites (tertiary alicyclic amines) is 1. The van der Waals surface area contributed by atoms with Crippen LogP contribution in [0.25, 0.3) is 22.3 Å². The van der Waals surface area contributed by atoms with E-state index < -0.39 is 6.09 Å². The first-order valence-corrected chi connectivity index (χ1v) is 10.6. The van der Waals surface area contributed by atoms with E-state index in [4.69, 9.17) is 16.7 Å². The largest absolute Gasteiger partial charge is 0.465 e. The number of hydrogen-bond acceptors (Lipinski definition) is 2. The van der Waals surface area contributed by atoms with Gasteiger partial charge in [0.2, 0.25) is 0 Å². The van der Waals surface area contributed by atoms with Crippen molar-refractivity contribution < 1.29 is 14.7 Å². The number of rotatable bonds is 4. The number of hydrogen-bond donors (Lipinski definition) is 2. The molecule has 1 aliphatic rings. The molecule has 1 fully saturated rings. The lowest BCUT2D eigenvalue weighted by Crippen LogP contribution is -2.46. The van der Waals surface area contributed by atoms with Crippen LogP contribution in [0.4, 0.5) is 4.79 Å². The van der Waals surface area contributed by atoms with Crippen molar-refractivity contribution in [3.05, 3.63) is 83.4 Å². The first kappa shape index (κ1) is 20.9. The molecule has 0 bridgehead atoms. The molecule has 6 heteroatoms. The Kier molecular flexibility index (Phi) is 6.23. The molecule has 4 rings (SSSR count). The monoisotopic (exact) mass is 434 g/mol. The maximum atomic E-state index is 12.8. The van der Waals surface area contributed by atoms with Crippen LogP contribution in [0.5, 0.6) is 0 Å². The van der Waals surface area contributed by atoms with Crippen molar-refractivity contribution >= 4 is 23.6 Å². The van der Waals surface area contributed by atoms with Crippen molar-refractivity contribution in [3.8, 4) is 22.3 Å². The Balaban J connectivity index is 1.48. The molecule has 0 unspecified atom stereocenters. The summed E-state index contributed by atoms with van der Waals surface area (Å²) in [5, 5.41) is 12.7. The van der Waals surface area contributed by atoms with Crippen LogP contribution in [0.15, 0.2) is 72.8 Å². The summed E-state index contributed by atoms with van der Waals surface area (Å²) in [6, 6.07) is 23.5. The number of piperidine rings is 1. The lowest BCUT2D eigenvalue weighted by molar-refractivity contribution is 0.0907. The Morgan fingerprint density at radius 3 is 2.13 bits per heavy atom. The third-order valence-corrected chi connectivity index (χ3v) is 5.96. The number of carbonyl (C=O) groups is 2. The Morgan fingerprint density at radius 1 is 0.871 bits per heavy atom. The number of nitrogens with zero attached hydrogens (tertiary/aromatic N) is 1. The normalized spacial score (nSPS) is 14.3. The van der Waals surface area contributed by atoms with Crippen molar-refractivity contribution in [1.82, 2.24) is 10.2 Å². The summed E-state index contributed by atoms with van der Waals surface area (Å²) in [7, 11) is 0. The molecule has 0 atom stereocenters. The van der Waals surface area contributed by atoms with Crippen molar-refractivity contribution in [3.63, 3.8) is 0 Å². The molecule has 1 heterocycles. The summed E-state index contributed by atoms with van der Waals surface area (Å²) in [4.78, 5) is 25.2. The highest BCUT2D eigenvalue weighted by Gasteiger charge is 2.24. The molecule has 0 saturated carbocycles. The molecule has 0 radical (unpaired) electrons.